The van der Waals surface area contributed by atoms with Gasteiger partial charge in [0.05, 0.1) is 17.3 Å². The van der Waals surface area contributed by atoms with Crippen LogP contribution in [-0.4, -0.2) is 40.5 Å². The van der Waals surface area contributed by atoms with Gasteiger partial charge >= 0.3 is 0 Å². The number of nitrogens with one attached hydrogen (secondary N) is 1. The highest BCUT2D eigenvalue weighted by molar-refractivity contribution is 6.30. The largest absolute Gasteiger partial charge is 0.376 e. The molecular weight excluding hydrogens is 489 g/mol. The summed E-state index contributed by atoms with van der Waals surface area (Å²) in [6, 6.07) is 15.4. The highest BCUT2D eigenvalue weighted by Gasteiger charge is 2.52. The monoisotopic (exact) mass is 513 g/mol. The van der Waals surface area contributed by atoms with E-state index in [4.69, 9.17) is 27.9 Å². The first kappa shape index (κ1) is 25.1. The standard InChI is InChI=1S/C26H25Cl2N3O4/c1-4-29-24(33)25(2,34)17-7-12-22-21(13-17)23(32)31(15-20-11-10-19(28)14-30-20)26(22,35-3)16-5-8-18(27)9-6-16/h5-14,34H,4,15H2,1-3H3,(H,29,33)/t25?,26-/m1/s1. The number of hydrogen-bond acceptors (Lipinski definition) is 5. The third-order valence-corrected chi connectivity index (χ3v) is 6.70. The average molecular weight is 514 g/mol. The molecule has 2 heterocycles. The molecule has 0 radical (unpaired) electrons. The fourth-order valence-electron chi connectivity index (χ4n) is 4.39. The molecule has 0 saturated carbocycles. The number of fused-ring (bicyclic) bond motifs is 1. The van der Waals surface area contributed by atoms with Crippen LogP contribution in [0.3, 0.4) is 0 Å². The zero-order valence-corrected chi connectivity index (χ0v) is 21.0. The van der Waals surface area contributed by atoms with E-state index in [2.05, 4.69) is 10.3 Å². The Hall–Kier alpha value is -2.97. The number of aliphatic hydroxyl groups is 1. The van der Waals surface area contributed by atoms with E-state index in [-0.39, 0.29) is 12.5 Å². The minimum atomic E-state index is -1.83. The number of hydrogen-bond donors (Lipinski definition) is 2. The summed E-state index contributed by atoms with van der Waals surface area (Å²) >= 11 is 12.1. The number of likely N-dealkylation sites (N-methyl/N-ethyl adjacent to an activating group) is 1. The molecule has 1 aromatic heterocycles. The lowest BCUT2D eigenvalue weighted by molar-refractivity contribution is -0.138. The van der Waals surface area contributed by atoms with Gasteiger partial charge in [0, 0.05) is 41.6 Å². The van der Waals surface area contributed by atoms with Crippen LogP contribution in [0.1, 0.15) is 46.6 Å². The van der Waals surface area contributed by atoms with Gasteiger partial charge in [-0.15, -0.1) is 0 Å². The maximum absolute atomic E-state index is 13.8. The van der Waals surface area contributed by atoms with Crippen LogP contribution in [0.5, 0.6) is 0 Å². The first-order chi connectivity index (χ1) is 16.6. The molecule has 3 aromatic rings. The Morgan fingerprint density at radius 1 is 1.14 bits per heavy atom. The number of benzene rings is 2. The number of ether oxygens (including phenoxy) is 1. The summed E-state index contributed by atoms with van der Waals surface area (Å²) < 4.78 is 6.11. The molecule has 2 N–H and O–H groups in total. The van der Waals surface area contributed by atoms with E-state index in [1.165, 1.54) is 20.2 Å². The van der Waals surface area contributed by atoms with Gasteiger partial charge in [0.25, 0.3) is 11.8 Å². The molecule has 0 saturated heterocycles. The number of halogens is 2. The fourth-order valence-corrected chi connectivity index (χ4v) is 4.63. The highest BCUT2D eigenvalue weighted by Crippen LogP contribution is 2.46. The van der Waals surface area contributed by atoms with Gasteiger partial charge in [-0.1, -0.05) is 47.5 Å². The van der Waals surface area contributed by atoms with Crippen molar-refractivity contribution in [2.24, 2.45) is 0 Å². The lowest BCUT2D eigenvalue weighted by Gasteiger charge is -2.38. The van der Waals surface area contributed by atoms with Crippen molar-refractivity contribution in [1.29, 1.82) is 0 Å². The van der Waals surface area contributed by atoms with Crippen molar-refractivity contribution in [2.45, 2.75) is 31.7 Å². The minimum Gasteiger partial charge on any atom is -0.376 e. The van der Waals surface area contributed by atoms with Gasteiger partial charge in [0.2, 0.25) is 0 Å². The molecule has 7 nitrogen and oxygen atoms in total. The summed E-state index contributed by atoms with van der Waals surface area (Å²) in [5.41, 5.74) is -0.618. The second kappa shape index (κ2) is 9.59. The number of rotatable bonds is 7. The lowest BCUT2D eigenvalue weighted by Crippen LogP contribution is -2.45. The van der Waals surface area contributed by atoms with Gasteiger partial charge in [-0.25, -0.2) is 0 Å². The maximum atomic E-state index is 13.8. The molecule has 182 valence electrons. The molecule has 35 heavy (non-hydrogen) atoms. The zero-order valence-electron chi connectivity index (χ0n) is 19.5. The Labute approximate surface area is 213 Å². The number of pyridine rings is 1. The molecule has 0 bridgehead atoms. The van der Waals surface area contributed by atoms with Crippen LogP contribution in [0.4, 0.5) is 0 Å². The fraction of sp³-hybridized carbons (Fsp3) is 0.269. The van der Waals surface area contributed by atoms with Gasteiger partial charge in [0.15, 0.2) is 11.3 Å². The zero-order chi connectivity index (χ0) is 25.4. The van der Waals surface area contributed by atoms with Crippen molar-refractivity contribution in [3.63, 3.8) is 0 Å². The molecule has 0 fully saturated rings. The van der Waals surface area contributed by atoms with Crippen molar-refractivity contribution in [3.8, 4) is 0 Å². The van der Waals surface area contributed by atoms with Crippen LogP contribution in [-0.2, 0) is 27.4 Å². The van der Waals surface area contributed by atoms with Crippen LogP contribution >= 0.6 is 23.2 Å². The van der Waals surface area contributed by atoms with Crippen LogP contribution in [0.2, 0.25) is 10.0 Å². The number of carbonyl (C=O) groups is 2. The van der Waals surface area contributed by atoms with Gasteiger partial charge in [-0.3, -0.25) is 19.5 Å². The van der Waals surface area contributed by atoms with E-state index in [9.17, 15) is 14.7 Å². The van der Waals surface area contributed by atoms with Crippen LogP contribution < -0.4 is 5.32 Å². The van der Waals surface area contributed by atoms with Gasteiger partial charge in [0.1, 0.15) is 0 Å². The molecule has 2 atom stereocenters. The van der Waals surface area contributed by atoms with Gasteiger partial charge in [-0.2, -0.15) is 0 Å². The highest BCUT2D eigenvalue weighted by atomic mass is 35.5. The van der Waals surface area contributed by atoms with Crippen molar-refractivity contribution < 1.29 is 19.4 Å². The Morgan fingerprint density at radius 3 is 2.43 bits per heavy atom. The lowest BCUT2D eigenvalue weighted by atomic mass is 9.88. The van der Waals surface area contributed by atoms with Crippen molar-refractivity contribution in [3.05, 3.63) is 98.8 Å². The van der Waals surface area contributed by atoms with E-state index in [1.54, 1.807) is 66.4 Å². The topological polar surface area (TPSA) is 91.8 Å². The first-order valence-electron chi connectivity index (χ1n) is 11.0. The Morgan fingerprint density at radius 2 is 1.83 bits per heavy atom. The van der Waals surface area contributed by atoms with Crippen molar-refractivity contribution in [1.82, 2.24) is 15.2 Å². The summed E-state index contributed by atoms with van der Waals surface area (Å²) in [7, 11) is 1.53. The third kappa shape index (κ3) is 4.29. The van der Waals surface area contributed by atoms with E-state index in [0.29, 0.717) is 44.5 Å². The van der Waals surface area contributed by atoms with E-state index in [1.807, 2.05) is 0 Å². The first-order valence-corrected chi connectivity index (χ1v) is 11.8. The predicted octanol–water partition coefficient (Wildman–Crippen LogP) is 4.24. The predicted molar refractivity (Wildman–Crippen MR) is 133 cm³/mol. The second-order valence-electron chi connectivity index (χ2n) is 8.41. The quantitative estimate of drug-likeness (QED) is 0.493. The molecule has 0 spiro atoms. The smallest absolute Gasteiger partial charge is 0.257 e. The summed E-state index contributed by atoms with van der Waals surface area (Å²) in [6.07, 6.45) is 1.52. The molecule has 1 aliphatic rings. The van der Waals surface area contributed by atoms with E-state index in [0.717, 1.165) is 0 Å². The Kier molecular flexibility index (Phi) is 6.88. The van der Waals surface area contributed by atoms with Crippen LogP contribution in [0.15, 0.2) is 60.8 Å². The normalized spacial score (nSPS) is 18.8. The number of aromatic nitrogens is 1. The summed E-state index contributed by atoms with van der Waals surface area (Å²) in [5, 5.41) is 14.6. The Bertz CT molecular complexity index is 1260. The molecule has 1 aliphatic heterocycles. The number of carbonyl (C=O) groups excluding carboxylic acids is 2. The number of methoxy groups -OCH3 is 1. The minimum absolute atomic E-state index is 0.128. The molecule has 2 amide bonds. The van der Waals surface area contributed by atoms with Crippen molar-refractivity contribution in [2.75, 3.05) is 13.7 Å². The molecule has 4 rings (SSSR count). The summed E-state index contributed by atoms with van der Waals surface area (Å²) in [5.74, 6) is -0.884. The van der Waals surface area contributed by atoms with E-state index >= 15 is 0 Å². The molecule has 2 aromatic carbocycles. The van der Waals surface area contributed by atoms with Gasteiger partial charge in [-0.05, 0) is 49.7 Å². The van der Waals surface area contributed by atoms with Crippen molar-refractivity contribution >= 4 is 35.0 Å². The molecule has 0 aliphatic carbocycles. The SMILES string of the molecule is CCNC(=O)C(C)(O)c1ccc2c(c1)C(=O)N(Cc1ccc(Cl)cn1)[C@@]2(OC)c1ccc(Cl)cc1. The summed E-state index contributed by atoms with van der Waals surface area (Å²) in [4.78, 5) is 32.3. The summed E-state index contributed by atoms with van der Waals surface area (Å²) in [6.45, 7) is 3.66. The molecule has 1 unspecified atom stereocenters. The molecule has 9 heteroatoms. The average Bonchev–Trinajstić information content (AvgIpc) is 3.09. The number of nitrogens with zero attached hydrogens (tertiary/aromatic N) is 2. The Balaban J connectivity index is 1.88. The van der Waals surface area contributed by atoms with Crippen LogP contribution in [0, 0.1) is 0 Å². The number of amides is 2. The van der Waals surface area contributed by atoms with Gasteiger partial charge < -0.3 is 15.2 Å². The second-order valence-corrected chi connectivity index (χ2v) is 9.28. The maximum Gasteiger partial charge on any atom is 0.257 e. The molecular formula is C26H25Cl2N3O4. The van der Waals surface area contributed by atoms with E-state index < -0.39 is 17.2 Å². The third-order valence-electron chi connectivity index (χ3n) is 6.22. The van der Waals surface area contributed by atoms with Crippen LogP contribution in [0.25, 0.3) is 0 Å².